The summed E-state index contributed by atoms with van der Waals surface area (Å²) < 4.78 is 5.19. The number of carbonyl (C=O) groups is 2. The molecule has 1 N–H and O–H groups in total. The van der Waals surface area contributed by atoms with E-state index in [0.717, 1.165) is 0 Å². The molecule has 1 aliphatic heterocycles. The van der Waals surface area contributed by atoms with Crippen LogP contribution in [0.4, 0.5) is 0 Å². The molecule has 0 saturated carbocycles. The molecule has 21 heavy (non-hydrogen) atoms. The minimum absolute atomic E-state index is 0.318. The van der Waals surface area contributed by atoms with Crippen molar-refractivity contribution in [1.29, 1.82) is 0 Å². The number of carboxylic acid groups (broad SMARTS) is 1. The number of halogens is 1. The van der Waals surface area contributed by atoms with E-state index in [1.165, 1.54) is 18.1 Å². The Morgan fingerprint density at radius 2 is 2.24 bits per heavy atom. The number of rotatable bonds is 4. The highest BCUT2D eigenvalue weighted by Crippen LogP contribution is 2.24. The van der Waals surface area contributed by atoms with Crippen molar-refractivity contribution in [1.82, 2.24) is 4.90 Å². The monoisotopic (exact) mass is 309 g/mol. The van der Waals surface area contributed by atoms with Gasteiger partial charge in [0.05, 0.1) is 7.11 Å². The molecule has 1 fully saturated rings. The Bertz CT molecular complexity index is 585. The van der Waals surface area contributed by atoms with E-state index in [1.807, 2.05) is 0 Å². The second kappa shape index (κ2) is 6.63. The van der Waals surface area contributed by atoms with Gasteiger partial charge in [-0.05, 0) is 37.1 Å². The van der Waals surface area contributed by atoms with Crippen molar-refractivity contribution < 1.29 is 19.4 Å². The second-order valence-electron chi connectivity index (χ2n) is 4.75. The van der Waals surface area contributed by atoms with Gasteiger partial charge in [-0.3, -0.25) is 4.79 Å². The molecule has 2 rings (SSSR count). The van der Waals surface area contributed by atoms with E-state index >= 15 is 0 Å². The van der Waals surface area contributed by atoms with Gasteiger partial charge in [-0.15, -0.1) is 0 Å². The summed E-state index contributed by atoms with van der Waals surface area (Å²) in [6, 6.07) is 4.36. The zero-order valence-electron chi connectivity index (χ0n) is 11.6. The third kappa shape index (κ3) is 3.55. The summed E-state index contributed by atoms with van der Waals surface area (Å²) in [7, 11) is 1.53. The number of likely N-dealkylation sites (tertiary alicyclic amines) is 1. The average Bonchev–Trinajstić information content (AvgIpc) is 2.94. The highest BCUT2D eigenvalue weighted by Gasteiger charge is 2.32. The van der Waals surface area contributed by atoms with Crippen LogP contribution in [0.5, 0.6) is 5.75 Å². The minimum Gasteiger partial charge on any atom is -0.496 e. The highest BCUT2D eigenvalue weighted by molar-refractivity contribution is 6.30. The number of ether oxygens (including phenoxy) is 1. The fourth-order valence-corrected chi connectivity index (χ4v) is 2.56. The van der Waals surface area contributed by atoms with Crippen LogP contribution in [0.2, 0.25) is 5.02 Å². The average molecular weight is 310 g/mol. The molecule has 5 nitrogen and oxygen atoms in total. The number of hydrogen-bond donors (Lipinski definition) is 1. The Morgan fingerprint density at radius 3 is 2.90 bits per heavy atom. The molecule has 0 aromatic heterocycles. The van der Waals surface area contributed by atoms with E-state index in [1.54, 1.807) is 24.3 Å². The minimum atomic E-state index is -0.963. The summed E-state index contributed by atoms with van der Waals surface area (Å²) in [6.45, 7) is 0.465. The van der Waals surface area contributed by atoms with Crippen LogP contribution in [0.25, 0.3) is 6.08 Å². The molecule has 6 heteroatoms. The third-order valence-corrected chi connectivity index (χ3v) is 3.65. The molecule has 1 unspecified atom stereocenters. The van der Waals surface area contributed by atoms with Crippen LogP contribution >= 0.6 is 11.6 Å². The van der Waals surface area contributed by atoms with Crippen LogP contribution in [0.3, 0.4) is 0 Å². The molecular weight excluding hydrogens is 294 g/mol. The van der Waals surface area contributed by atoms with Gasteiger partial charge in [-0.2, -0.15) is 0 Å². The van der Waals surface area contributed by atoms with Crippen LogP contribution in [-0.2, 0) is 9.59 Å². The smallest absolute Gasteiger partial charge is 0.326 e. The Balaban J connectivity index is 2.15. The molecule has 1 aromatic rings. The number of amides is 1. The number of methoxy groups -OCH3 is 1. The molecule has 1 heterocycles. The van der Waals surface area contributed by atoms with Gasteiger partial charge in [0, 0.05) is 23.2 Å². The van der Waals surface area contributed by atoms with Crippen molar-refractivity contribution in [3.63, 3.8) is 0 Å². The van der Waals surface area contributed by atoms with Crippen molar-refractivity contribution >= 4 is 29.6 Å². The summed E-state index contributed by atoms with van der Waals surface area (Å²) in [5, 5.41) is 9.62. The van der Waals surface area contributed by atoms with Crippen molar-refractivity contribution in [3.8, 4) is 5.75 Å². The molecule has 1 amide bonds. The first-order valence-corrected chi connectivity index (χ1v) is 6.95. The molecule has 0 spiro atoms. The van der Waals surface area contributed by atoms with Gasteiger partial charge in [0.15, 0.2) is 0 Å². The molecule has 1 aromatic carbocycles. The van der Waals surface area contributed by atoms with E-state index in [4.69, 9.17) is 21.4 Å². The Kier molecular flexibility index (Phi) is 4.85. The van der Waals surface area contributed by atoms with Crippen LogP contribution in [0.1, 0.15) is 18.4 Å². The van der Waals surface area contributed by atoms with E-state index in [9.17, 15) is 9.59 Å². The quantitative estimate of drug-likeness (QED) is 0.868. The number of carbonyl (C=O) groups excluding carboxylic acids is 1. The van der Waals surface area contributed by atoms with E-state index < -0.39 is 12.0 Å². The van der Waals surface area contributed by atoms with Crippen molar-refractivity contribution in [2.75, 3.05) is 13.7 Å². The summed E-state index contributed by atoms with van der Waals surface area (Å²) in [4.78, 5) is 24.6. The maximum atomic E-state index is 12.1. The first-order valence-electron chi connectivity index (χ1n) is 6.58. The van der Waals surface area contributed by atoms with Gasteiger partial charge in [-0.1, -0.05) is 11.6 Å². The molecule has 0 bridgehead atoms. The lowest BCUT2D eigenvalue weighted by Gasteiger charge is -2.19. The van der Waals surface area contributed by atoms with Gasteiger partial charge in [0.25, 0.3) is 0 Å². The Labute approximate surface area is 127 Å². The zero-order chi connectivity index (χ0) is 15.4. The SMILES string of the molecule is COc1ccc(Cl)cc1/C=C/C(=O)N1CCCC1C(=O)O. The molecule has 1 atom stereocenters. The maximum absolute atomic E-state index is 12.1. The largest absolute Gasteiger partial charge is 0.496 e. The molecule has 0 aliphatic carbocycles. The van der Waals surface area contributed by atoms with Crippen molar-refractivity contribution in [3.05, 3.63) is 34.9 Å². The lowest BCUT2D eigenvalue weighted by molar-refractivity contribution is -0.146. The lowest BCUT2D eigenvalue weighted by Crippen LogP contribution is -2.39. The summed E-state index contributed by atoms with van der Waals surface area (Å²) in [5.41, 5.74) is 0.671. The number of nitrogens with zero attached hydrogens (tertiary/aromatic N) is 1. The summed E-state index contributed by atoms with van der Waals surface area (Å²) in [5.74, 6) is -0.684. The molecule has 1 aliphatic rings. The fraction of sp³-hybridized carbons (Fsp3) is 0.333. The van der Waals surface area contributed by atoms with E-state index in [2.05, 4.69) is 0 Å². The summed E-state index contributed by atoms with van der Waals surface area (Å²) >= 11 is 5.92. The lowest BCUT2D eigenvalue weighted by atomic mass is 10.1. The van der Waals surface area contributed by atoms with Crippen LogP contribution in [0, 0.1) is 0 Å². The third-order valence-electron chi connectivity index (χ3n) is 3.42. The van der Waals surface area contributed by atoms with E-state index in [0.29, 0.717) is 35.7 Å². The van der Waals surface area contributed by atoms with Crippen molar-refractivity contribution in [2.45, 2.75) is 18.9 Å². The Morgan fingerprint density at radius 1 is 1.48 bits per heavy atom. The van der Waals surface area contributed by atoms with Crippen LogP contribution in [-0.4, -0.2) is 41.6 Å². The number of aliphatic carboxylic acids is 1. The normalized spacial score (nSPS) is 18.2. The summed E-state index contributed by atoms with van der Waals surface area (Å²) in [6.07, 6.45) is 4.14. The maximum Gasteiger partial charge on any atom is 0.326 e. The predicted octanol–water partition coefficient (Wildman–Crippen LogP) is 2.44. The van der Waals surface area contributed by atoms with Gasteiger partial charge in [0.1, 0.15) is 11.8 Å². The van der Waals surface area contributed by atoms with Crippen molar-refractivity contribution in [2.24, 2.45) is 0 Å². The van der Waals surface area contributed by atoms with Crippen LogP contribution < -0.4 is 4.74 Å². The molecular formula is C15H16ClNO4. The van der Waals surface area contributed by atoms with Gasteiger partial charge < -0.3 is 14.7 Å². The van der Waals surface area contributed by atoms with Gasteiger partial charge in [-0.25, -0.2) is 4.79 Å². The fourth-order valence-electron chi connectivity index (χ4n) is 2.38. The number of hydrogen-bond acceptors (Lipinski definition) is 3. The highest BCUT2D eigenvalue weighted by atomic mass is 35.5. The van der Waals surface area contributed by atoms with E-state index in [-0.39, 0.29) is 5.91 Å². The molecule has 0 radical (unpaired) electrons. The Hall–Kier alpha value is -2.01. The molecule has 112 valence electrons. The topological polar surface area (TPSA) is 66.8 Å². The first-order chi connectivity index (χ1) is 10.0. The first kappa shape index (κ1) is 15.4. The number of benzene rings is 1. The molecule has 1 saturated heterocycles. The standard InChI is InChI=1S/C15H16ClNO4/c1-21-13-6-5-11(16)9-10(13)4-7-14(18)17-8-2-3-12(17)15(19)20/h4-7,9,12H,2-3,8H2,1H3,(H,19,20)/b7-4+. The van der Waals surface area contributed by atoms with Crippen LogP contribution in [0.15, 0.2) is 24.3 Å². The zero-order valence-corrected chi connectivity index (χ0v) is 12.3. The van der Waals surface area contributed by atoms with Gasteiger partial charge >= 0.3 is 5.97 Å². The number of carboxylic acids is 1. The van der Waals surface area contributed by atoms with Gasteiger partial charge in [0.2, 0.25) is 5.91 Å². The predicted molar refractivity (Wildman–Crippen MR) is 79.4 cm³/mol. The second-order valence-corrected chi connectivity index (χ2v) is 5.18.